The second-order valence-corrected chi connectivity index (χ2v) is 4.78. The maximum atomic E-state index is 13.5. The summed E-state index contributed by atoms with van der Waals surface area (Å²) in [6.07, 6.45) is 1.71. The molecule has 88 valence electrons. The molecule has 2 atom stereocenters. The van der Waals surface area contributed by atoms with Gasteiger partial charge in [-0.2, -0.15) is 0 Å². The van der Waals surface area contributed by atoms with Gasteiger partial charge in [-0.15, -0.1) is 0 Å². The van der Waals surface area contributed by atoms with Gasteiger partial charge in [-0.1, -0.05) is 19.1 Å². The fourth-order valence-electron chi connectivity index (χ4n) is 2.44. The molecule has 1 fully saturated rings. The minimum atomic E-state index is -0.741. The molecule has 2 rings (SSSR count). The monoisotopic (exact) mass is 225 g/mol. The van der Waals surface area contributed by atoms with Gasteiger partial charge < -0.3 is 5.32 Å². The molecule has 1 aliphatic heterocycles. The Kier molecular flexibility index (Phi) is 3.54. The maximum absolute atomic E-state index is 13.5. The standard InChI is InChI=1S/C13H17F2N/c1-9-5-10(8-16-7-9)6-11-3-2-4-12(14)13(11)15/h2-4,9-10,16H,5-8H2,1H3. The van der Waals surface area contributed by atoms with Crippen LogP contribution in [0, 0.1) is 23.5 Å². The predicted octanol–water partition coefficient (Wildman–Crippen LogP) is 2.75. The number of rotatable bonds is 2. The molecular formula is C13H17F2N. The molecule has 1 nitrogen and oxygen atoms in total. The highest BCUT2D eigenvalue weighted by atomic mass is 19.2. The van der Waals surface area contributed by atoms with Crippen molar-refractivity contribution < 1.29 is 8.78 Å². The van der Waals surface area contributed by atoms with E-state index < -0.39 is 11.6 Å². The van der Waals surface area contributed by atoms with E-state index in [1.54, 1.807) is 12.1 Å². The molecule has 0 spiro atoms. The molecule has 0 saturated carbocycles. The van der Waals surface area contributed by atoms with Crippen molar-refractivity contribution in [1.29, 1.82) is 0 Å². The zero-order valence-electron chi connectivity index (χ0n) is 9.47. The minimum Gasteiger partial charge on any atom is -0.316 e. The third-order valence-corrected chi connectivity index (χ3v) is 3.20. The van der Waals surface area contributed by atoms with Gasteiger partial charge in [0.25, 0.3) is 0 Å². The highest BCUT2D eigenvalue weighted by Gasteiger charge is 2.20. The molecule has 3 heteroatoms. The van der Waals surface area contributed by atoms with E-state index in [1.807, 2.05) is 0 Å². The number of halogens is 2. The Balaban J connectivity index is 2.05. The van der Waals surface area contributed by atoms with Crippen LogP contribution in [0.3, 0.4) is 0 Å². The second kappa shape index (κ2) is 4.91. The van der Waals surface area contributed by atoms with E-state index in [-0.39, 0.29) is 0 Å². The number of hydrogen-bond donors (Lipinski definition) is 1. The van der Waals surface area contributed by atoms with Crippen LogP contribution in [0.4, 0.5) is 8.78 Å². The van der Waals surface area contributed by atoms with Gasteiger partial charge in [-0.05, 0) is 49.4 Å². The second-order valence-electron chi connectivity index (χ2n) is 4.78. The van der Waals surface area contributed by atoms with Crippen molar-refractivity contribution >= 4 is 0 Å². The molecule has 0 radical (unpaired) electrons. The first-order valence-corrected chi connectivity index (χ1v) is 5.80. The predicted molar refractivity (Wildman–Crippen MR) is 60.2 cm³/mol. The summed E-state index contributed by atoms with van der Waals surface area (Å²) in [4.78, 5) is 0. The van der Waals surface area contributed by atoms with Crippen LogP contribution in [-0.4, -0.2) is 13.1 Å². The molecule has 16 heavy (non-hydrogen) atoms. The largest absolute Gasteiger partial charge is 0.316 e. The zero-order valence-corrected chi connectivity index (χ0v) is 9.47. The normalized spacial score (nSPS) is 25.7. The number of hydrogen-bond acceptors (Lipinski definition) is 1. The Morgan fingerprint density at radius 3 is 2.88 bits per heavy atom. The first-order chi connectivity index (χ1) is 7.66. The fraction of sp³-hybridized carbons (Fsp3) is 0.538. The van der Waals surface area contributed by atoms with E-state index in [1.165, 1.54) is 6.07 Å². The Labute approximate surface area is 94.9 Å². The molecule has 0 aliphatic carbocycles. The molecule has 0 amide bonds. The van der Waals surface area contributed by atoms with Gasteiger partial charge in [0.1, 0.15) is 0 Å². The topological polar surface area (TPSA) is 12.0 Å². The summed E-state index contributed by atoms with van der Waals surface area (Å²) < 4.78 is 26.5. The van der Waals surface area contributed by atoms with E-state index in [9.17, 15) is 8.78 Å². The van der Waals surface area contributed by atoms with Crippen molar-refractivity contribution in [3.63, 3.8) is 0 Å². The van der Waals surface area contributed by atoms with E-state index in [2.05, 4.69) is 12.2 Å². The van der Waals surface area contributed by atoms with E-state index in [0.717, 1.165) is 19.5 Å². The summed E-state index contributed by atoms with van der Waals surface area (Å²) in [5, 5.41) is 3.32. The quantitative estimate of drug-likeness (QED) is 0.816. The first kappa shape index (κ1) is 11.5. The van der Waals surface area contributed by atoms with Gasteiger partial charge in [0.2, 0.25) is 0 Å². The molecule has 1 aromatic rings. The first-order valence-electron chi connectivity index (χ1n) is 5.80. The van der Waals surface area contributed by atoms with Crippen LogP contribution < -0.4 is 5.32 Å². The Morgan fingerprint density at radius 1 is 1.31 bits per heavy atom. The van der Waals surface area contributed by atoms with Gasteiger partial charge in [0.15, 0.2) is 11.6 Å². The van der Waals surface area contributed by atoms with Crippen LogP contribution in [0.15, 0.2) is 18.2 Å². The molecule has 0 bridgehead atoms. The minimum absolute atomic E-state index is 0.417. The molecule has 0 aromatic heterocycles. The van der Waals surface area contributed by atoms with Gasteiger partial charge in [-0.25, -0.2) is 8.78 Å². The number of benzene rings is 1. The summed E-state index contributed by atoms with van der Waals surface area (Å²) in [5.41, 5.74) is 0.501. The molecule has 1 N–H and O–H groups in total. The van der Waals surface area contributed by atoms with Crippen molar-refractivity contribution in [2.45, 2.75) is 19.8 Å². The van der Waals surface area contributed by atoms with E-state index >= 15 is 0 Å². The van der Waals surface area contributed by atoms with Crippen LogP contribution in [0.25, 0.3) is 0 Å². The molecule has 1 saturated heterocycles. The molecule has 1 aliphatic rings. The lowest BCUT2D eigenvalue weighted by Crippen LogP contribution is -2.36. The maximum Gasteiger partial charge on any atom is 0.162 e. The molecule has 1 aromatic carbocycles. The summed E-state index contributed by atoms with van der Waals surface area (Å²) in [6.45, 7) is 4.11. The van der Waals surface area contributed by atoms with Crippen LogP contribution in [0.1, 0.15) is 18.9 Å². The lowest BCUT2D eigenvalue weighted by molar-refractivity contribution is 0.298. The third-order valence-electron chi connectivity index (χ3n) is 3.20. The Bertz CT molecular complexity index is 365. The van der Waals surface area contributed by atoms with Crippen molar-refractivity contribution in [1.82, 2.24) is 5.32 Å². The lowest BCUT2D eigenvalue weighted by atomic mass is 9.87. The molecule has 1 heterocycles. The number of piperidine rings is 1. The van der Waals surface area contributed by atoms with Crippen molar-refractivity contribution in [3.8, 4) is 0 Å². The smallest absolute Gasteiger partial charge is 0.162 e. The highest BCUT2D eigenvalue weighted by molar-refractivity contribution is 5.19. The summed E-state index contributed by atoms with van der Waals surface area (Å²) in [7, 11) is 0. The molecule has 2 unspecified atom stereocenters. The lowest BCUT2D eigenvalue weighted by Gasteiger charge is -2.27. The Morgan fingerprint density at radius 2 is 2.12 bits per heavy atom. The van der Waals surface area contributed by atoms with Gasteiger partial charge in [0, 0.05) is 0 Å². The van der Waals surface area contributed by atoms with E-state index in [4.69, 9.17) is 0 Å². The van der Waals surface area contributed by atoms with Crippen LogP contribution in [0.5, 0.6) is 0 Å². The molecular weight excluding hydrogens is 208 g/mol. The van der Waals surface area contributed by atoms with Crippen molar-refractivity contribution in [2.75, 3.05) is 13.1 Å². The third kappa shape index (κ3) is 2.59. The average molecular weight is 225 g/mol. The number of nitrogens with one attached hydrogen (secondary N) is 1. The van der Waals surface area contributed by atoms with Gasteiger partial charge >= 0.3 is 0 Å². The van der Waals surface area contributed by atoms with Gasteiger partial charge in [-0.3, -0.25) is 0 Å². The van der Waals surface area contributed by atoms with Crippen molar-refractivity contribution in [3.05, 3.63) is 35.4 Å². The Hall–Kier alpha value is -0.960. The fourth-order valence-corrected chi connectivity index (χ4v) is 2.44. The zero-order chi connectivity index (χ0) is 11.5. The summed E-state index contributed by atoms with van der Waals surface area (Å²) in [5.74, 6) is -0.384. The summed E-state index contributed by atoms with van der Waals surface area (Å²) in [6, 6.07) is 4.42. The van der Waals surface area contributed by atoms with Gasteiger partial charge in [0.05, 0.1) is 0 Å². The average Bonchev–Trinajstić information content (AvgIpc) is 2.25. The van der Waals surface area contributed by atoms with Crippen molar-refractivity contribution in [2.24, 2.45) is 11.8 Å². The van der Waals surface area contributed by atoms with E-state index in [0.29, 0.717) is 23.8 Å². The summed E-state index contributed by atoms with van der Waals surface area (Å²) >= 11 is 0. The SMILES string of the molecule is CC1CNCC(Cc2cccc(F)c2F)C1. The van der Waals surface area contributed by atoms with Crippen LogP contribution in [-0.2, 0) is 6.42 Å². The van der Waals surface area contributed by atoms with Crippen LogP contribution in [0.2, 0.25) is 0 Å². The highest BCUT2D eigenvalue weighted by Crippen LogP contribution is 2.22. The van der Waals surface area contributed by atoms with Crippen LogP contribution >= 0.6 is 0 Å².